The topological polar surface area (TPSA) is 78.0 Å². The van der Waals surface area contributed by atoms with Crippen LogP contribution in [-0.2, 0) is 21.2 Å². The Hall–Kier alpha value is -2.71. The van der Waals surface area contributed by atoms with Crippen LogP contribution in [0.5, 0.6) is 0 Å². The molecule has 2 aromatic carbocycles. The molecule has 2 amide bonds. The molecule has 0 aliphatic carbocycles. The molecule has 8 heteroatoms. The molecule has 152 valence electrons. The lowest BCUT2D eigenvalue weighted by Gasteiger charge is -2.19. The average Bonchev–Trinajstić information content (AvgIpc) is 3.33. The Labute approximate surface area is 170 Å². The summed E-state index contributed by atoms with van der Waals surface area (Å²) < 4.78 is 25.9. The Morgan fingerprint density at radius 1 is 1.00 bits per heavy atom. The molecule has 2 aromatic rings. The number of amides is 2. The van der Waals surface area contributed by atoms with E-state index in [1.165, 1.54) is 18.4 Å². The molecule has 0 saturated carbocycles. The van der Waals surface area contributed by atoms with Gasteiger partial charge >= 0.3 is 0 Å². The molecular formula is C21H23N3O4S. The molecule has 4 rings (SSSR count). The summed E-state index contributed by atoms with van der Waals surface area (Å²) >= 11 is 0. The van der Waals surface area contributed by atoms with E-state index in [-0.39, 0.29) is 16.7 Å². The van der Waals surface area contributed by atoms with Gasteiger partial charge < -0.3 is 9.80 Å². The third kappa shape index (κ3) is 3.42. The van der Waals surface area contributed by atoms with Crippen molar-refractivity contribution in [2.24, 2.45) is 0 Å². The fourth-order valence-corrected chi connectivity index (χ4v) is 4.77. The normalized spacial score (nSPS) is 16.6. The summed E-state index contributed by atoms with van der Waals surface area (Å²) in [6, 6.07) is 12.0. The maximum Gasteiger partial charge on any atom is 0.258 e. The van der Waals surface area contributed by atoms with Crippen molar-refractivity contribution < 1.29 is 18.0 Å². The number of carbonyl (C=O) groups is 2. The zero-order chi connectivity index (χ0) is 20.8. The Morgan fingerprint density at radius 2 is 1.72 bits per heavy atom. The minimum absolute atomic E-state index is 0.112. The Balaban J connectivity index is 1.57. The van der Waals surface area contributed by atoms with Crippen LogP contribution in [0.3, 0.4) is 0 Å². The molecule has 0 radical (unpaired) electrons. The Bertz CT molecular complexity index is 1080. The van der Waals surface area contributed by atoms with Crippen LogP contribution in [0, 0.1) is 0 Å². The first-order valence-corrected chi connectivity index (χ1v) is 11.0. The van der Waals surface area contributed by atoms with Gasteiger partial charge in [0.25, 0.3) is 5.91 Å². The summed E-state index contributed by atoms with van der Waals surface area (Å²) in [5, 5.41) is 0. The summed E-state index contributed by atoms with van der Waals surface area (Å²) in [7, 11) is -0.513. The SMILES string of the molecule is CN(C)S(=O)(=O)c1ccc2c(c1)CCN2C(=O)c1ccc(N2CCCC2=O)cc1. The predicted molar refractivity (Wildman–Crippen MR) is 111 cm³/mol. The number of sulfonamides is 1. The van der Waals surface area contributed by atoms with Crippen molar-refractivity contribution in [3.63, 3.8) is 0 Å². The maximum absolute atomic E-state index is 13.0. The van der Waals surface area contributed by atoms with E-state index in [4.69, 9.17) is 0 Å². The number of fused-ring (bicyclic) bond motifs is 1. The standard InChI is InChI=1S/C21H23N3O4S/c1-22(2)29(27,28)18-9-10-19-16(14-18)11-13-24(19)21(26)15-5-7-17(8-6-15)23-12-3-4-20(23)25/h5-10,14H,3-4,11-13H2,1-2H3. The third-order valence-corrected chi connectivity index (χ3v) is 7.28. The zero-order valence-corrected chi connectivity index (χ0v) is 17.3. The van der Waals surface area contributed by atoms with Gasteiger partial charge in [0, 0.05) is 50.5 Å². The molecule has 0 aromatic heterocycles. The second-order valence-electron chi connectivity index (χ2n) is 7.48. The molecule has 1 saturated heterocycles. The van der Waals surface area contributed by atoms with Gasteiger partial charge in [0.05, 0.1) is 4.90 Å². The summed E-state index contributed by atoms with van der Waals surface area (Å²) in [6.07, 6.45) is 2.03. The van der Waals surface area contributed by atoms with Crippen molar-refractivity contribution in [3.05, 3.63) is 53.6 Å². The van der Waals surface area contributed by atoms with Gasteiger partial charge in [0.15, 0.2) is 0 Å². The van der Waals surface area contributed by atoms with Gasteiger partial charge in [-0.3, -0.25) is 9.59 Å². The van der Waals surface area contributed by atoms with Crippen LogP contribution >= 0.6 is 0 Å². The molecule has 2 heterocycles. The van der Waals surface area contributed by atoms with Crippen LogP contribution in [-0.4, -0.2) is 51.7 Å². The number of hydrogen-bond donors (Lipinski definition) is 0. The number of nitrogens with zero attached hydrogens (tertiary/aromatic N) is 3. The number of anilines is 2. The molecule has 2 aliphatic rings. The highest BCUT2D eigenvalue weighted by atomic mass is 32.2. The molecule has 0 atom stereocenters. The fourth-order valence-electron chi connectivity index (χ4n) is 3.82. The van der Waals surface area contributed by atoms with Crippen LogP contribution in [0.15, 0.2) is 47.4 Å². The largest absolute Gasteiger partial charge is 0.312 e. The second kappa shape index (κ2) is 7.27. The van der Waals surface area contributed by atoms with Crippen LogP contribution in [0.4, 0.5) is 11.4 Å². The van der Waals surface area contributed by atoms with Crippen molar-refractivity contribution in [3.8, 4) is 0 Å². The van der Waals surface area contributed by atoms with Crippen molar-refractivity contribution in [1.29, 1.82) is 0 Å². The zero-order valence-electron chi connectivity index (χ0n) is 16.5. The highest BCUT2D eigenvalue weighted by Crippen LogP contribution is 2.32. The van der Waals surface area contributed by atoms with Crippen molar-refractivity contribution in [1.82, 2.24) is 4.31 Å². The summed E-state index contributed by atoms with van der Waals surface area (Å²) in [5.41, 5.74) is 2.94. The summed E-state index contributed by atoms with van der Waals surface area (Å²) in [6.45, 7) is 1.22. The van der Waals surface area contributed by atoms with E-state index in [9.17, 15) is 18.0 Å². The molecule has 2 aliphatic heterocycles. The third-order valence-electron chi connectivity index (χ3n) is 5.47. The number of hydrogen-bond acceptors (Lipinski definition) is 4. The lowest BCUT2D eigenvalue weighted by atomic mass is 10.1. The Morgan fingerprint density at radius 3 is 2.34 bits per heavy atom. The van der Waals surface area contributed by atoms with Gasteiger partial charge in [0.1, 0.15) is 0 Å². The maximum atomic E-state index is 13.0. The highest BCUT2D eigenvalue weighted by molar-refractivity contribution is 7.89. The summed E-state index contributed by atoms with van der Waals surface area (Å²) in [5.74, 6) is -0.0210. The quantitative estimate of drug-likeness (QED) is 0.770. The lowest BCUT2D eigenvalue weighted by Crippen LogP contribution is -2.29. The van der Waals surface area contributed by atoms with Crippen LogP contribution in [0.1, 0.15) is 28.8 Å². The second-order valence-corrected chi connectivity index (χ2v) is 9.63. The van der Waals surface area contributed by atoms with E-state index in [0.717, 1.165) is 23.4 Å². The lowest BCUT2D eigenvalue weighted by molar-refractivity contribution is -0.117. The molecule has 7 nitrogen and oxygen atoms in total. The van der Waals surface area contributed by atoms with E-state index in [2.05, 4.69) is 0 Å². The van der Waals surface area contributed by atoms with Crippen LogP contribution < -0.4 is 9.80 Å². The Kier molecular flexibility index (Phi) is 4.92. The van der Waals surface area contributed by atoms with Gasteiger partial charge in [-0.15, -0.1) is 0 Å². The highest BCUT2D eigenvalue weighted by Gasteiger charge is 2.28. The van der Waals surface area contributed by atoms with E-state index >= 15 is 0 Å². The molecule has 1 fully saturated rings. The minimum atomic E-state index is -3.51. The minimum Gasteiger partial charge on any atom is -0.312 e. The average molecular weight is 413 g/mol. The van der Waals surface area contributed by atoms with Crippen LogP contribution in [0.2, 0.25) is 0 Å². The first kappa shape index (κ1) is 19.6. The fraction of sp³-hybridized carbons (Fsp3) is 0.333. The van der Waals surface area contributed by atoms with Crippen molar-refractivity contribution >= 4 is 33.2 Å². The van der Waals surface area contributed by atoms with E-state index in [1.807, 2.05) is 0 Å². The van der Waals surface area contributed by atoms with E-state index in [1.54, 1.807) is 52.3 Å². The van der Waals surface area contributed by atoms with Crippen molar-refractivity contribution in [2.75, 3.05) is 37.0 Å². The van der Waals surface area contributed by atoms with Gasteiger partial charge in [-0.25, -0.2) is 12.7 Å². The van der Waals surface area contributed by atoms with Gasteiger partial charge in [-0.05, 0) is 60.9 Å². The first-order valence-electron chi connectivity index (χ1n) is 9.57. The van der Waals surface area contributed by atoms with E-state index in [0.29, 0.717) is 31.5 Å². The molecule has 0 N–H and O–H groups in total. The van der Waals surface area contributed by atoms with Gasteiger partial charge in [-0.1, -0.05) is 0 Å². The number of carbonyl (C=O) groups excluding carboxylic acids is 2. The predicted octanol–water partition coefficient (Wildman–Crippen LogP) is 2.27. The number of rotatable bonds is 4. The monoisotopic (exact) mass is 413 g/mol. The molecule has 0 spiro atoms. The van der Waals surface area contributed by atoms with Gasteiger partial charge in [0.2, 0.25) is 15.9 Å². The molecule has 0 unspecified atom stereocenters. The van der Waals surface area contributed by atoms with Gasteiger partial charge in [-0.2, -0.15) is 0 Å². The summed E-state index contributed by atoms with van der Waals surface area (Å²) in [4.78, 5) is 28.6. The van der Waals surface area contributed by atoms with Crippen LogP contribution in [0.25, 0.3) is 0 Å². The van der Waals surface area contributed by atoms with E-state index < -0.39 is 10.0 Å². The smallest absolute Gasteiger partial charge is 0.258 e. The number of benzene rings is 2. The molecule has 29 heavy (non-hydrogen) atoms. The molecule has 0 bridgehead atoms. The van der Waals surface area contributed by atoms with Crippen molar-refractivity contribution in [2.45, 2.75) is 24.2 Å². The first-order chi connectivity index (χ1) is 13.8. The molecular weight excluding hydrogens is 390 g/mol.